The Labute approximate surface area is 97.0 Å². The predicted molar refractivity (Wildman–Crippen MR) is 66.0 cm³/mol. The molecule has 82 valence electrons. The van der Waals surface area contributed by atoms with Gasteiger partial charge >= 0.3 is 0 Å². The van der Waals surface area contributed by atoms with Crippen molar-refractivity contribution in [1.82, 2.24) is 4.98 Å². The van der Waals surface area contributed by atoms with Crippen molar-refractivity contribution in [2.24, 2.45) is 16.0 Å². The number of H-pyrrole nitrogens is 1. The maximum Gasteiger partial charge on any atom is 0.218 e. The first-order valence-electron chi connectivity index (χ1n) is 4.60. The fraction of sp³-hybridized carbons (Fsp3) is 0.100. The van der Waals surface area contributed by atoms with E-state index in [1.165, 1.54) is 0 Å². The van der Waals surface area contributed by atoms with E-state index in [0.717, 1.165) is 16.5 Å². The molecule has 0 radical (unpaired) electrons. The Morgan fingerprint density at radius 1 is 1.50 bits per heavy atom. The van der Waals surface area contributed by atoms with E-state index in [1.54, 1.807) is 0 Å². The zero-order valence-electron chi connectivity index (χ0n) is 8.56. The molecule has 0 fully saturated rings. The van der Waals surface area contributed by atoms with Crippen LogP contribution in [0, 0.1) is 6.92 Å². The highest BCUT2D eigenvalue weighted by atomic mass is 32.1. The zero-order valence-corrected chi connectivity index (χ0v) is 9.38. The summed E-state index contributed by atoms with van der Waals surface area (Å²) in [5.41, 5.74) is 7.43. The van der Waals surface area contributed by atoms with E-state index in [2.05, 4.69) is 27.4 Å². The Hall–Kier alpha value is -1.95. The predicted octanol–water partition coefficient (Wildman–Crippen LogP) is 2.51. The molecule has 16 heavy (non-hydrogen) atoms. The summed E-state index contributed by atoms with van der Waals surface area (Å²) in [6.07, 6.45) is 0. The quantitative estimate of drug-likeness (QED) is 0.523. The Bertz CT molecular complexity index is 588. The number of nitrogens with one attached hydrogen (secondary N) is 1. The lowest BCUT2D eigenvalue weighted by Gasteiger charge is -1.93. The highest BCUT2D eigenvalue weighted by molar-refractivity contribution is 7.80. The standard InChI is InChI=1S/C10H10N4OS/c1-5-2-3-7-6(4-5)8(9(15)12-7)13-14-10(11)16/h2-4,12,15H,1H3,(H2,11,16). The number of nitrogens with zero attached hydrogens (tertiary/aromatic N) is 2. The number of nitrogens with two attached hydrogens (primary N) is 1. The van der Waals surface area contributed by atoms with Gasteiger partial charge in [0, 0.05) is 5.39 Å². The lowest BCUT2D eigenvalue weighted by molar-refractivity contribution is 0.459. The third kappa shape index (κ3) is 1.87. The first kappa shape index (κ1) is 10.6. The van der Waals surface area contributed by atoms with Gasteiger partial charge in [-0.2, -0.15) is 0 Å². The van der Waals surface area contributed by atoms with Gasteiger partial charge in [0.05, 0.1) is 5.52 Å². The smallest absolute Gasteiger partial charge is 0.218 e. The summed E-state index contributed by atoms with van der Waals surface area (Å²) in [5, 5.41) is 17.7. The van der Waals surface area contributed by atoms with Crippen molar-refractivity contribution >= 4 is 33.9 Å². The minimum atomic E-state index is -0.0681. The maximum atomic E-state index is 9.64. The van der Waals surface area contributed by atoms with Crippen LogP contribution in [0.15, 0.2) is 28.4 Å². The second-order valence-corrected chi connectivity index (χ2v) is 3.83. The van der Waals surface area contributed by atoms with Gasteiger partial charge in [-0.05, 0) is 31.3 Å². The second-order valence-electron chi connectivity index (χ2n) is 3.41. The van der Waals surface area contributed by atoms with Crippen molar-refractivity contribution in [2.75, 3.05) is 0 Å². The maximum absolute atomic E-state index is 9.64. The van der Waals surface area contributed by atoms with Gasteiger partial charge < -0.3 is 15.8 Å². The van der Waals surface area contributed by atoms with Crippen molar-refractivity contribution in [3.63, 3.8) is 0 Å². The molecule has 1 heterocycles. The van der Waals surface area contributed by atoms with Crippen molar-refractivity contribution in [1.29, 1.82) is 0 Å². The zero-order chi connectivity index (χ0) is 11.7. The number of hydrogen-bond acceptors (Lipinski definition) is 3. The number of aromatic nitrogens is 1. The molecule has 2 rings (SSSR count). The van der Waals surface area contributed by atoms with E-state index < -0.39 is 0 Å². The van der Waals surface area contributed by atoms with Gasteiger partial charge in [-0.1, -0.05) is 11.6 Å². The van der Waals surface area contributed by atoms with Gasteiger partial charge in [0.15, 0.2) is 5.69 Å². The molecule has 0 atom stereocenters. The molecule has 2 aromatic rings. The van der Waals surface area contributed by atoms with Crippen LogP contribution >= 0.6 is 12.2 Å². The van der Waals surface area contributed by atoms with Crippen LogP contribution in [0.4, 0.5) is 5.69 Å². The highest BCUT2D eigenvalue weighted by Crippen LogP contribution is 2.35. The van der Waals surface area contributed by atoms with Crippen LogP contribution in [-0.4, -0.2) is 15.2 Å². The normalized spacial score (nSPS) is 11.3. The molecule has 0 amide bonds. The van der Waals surface area contributed by atoms with Crippen molar-refractivity contribution in [3.05, 3.63) is 23.8 Å². The van der Waals surface area contributed by atoms with Crippen LogP contribution < -0.4 is 5.73 Å². The van der Waals surface area contributed by atoms with Crippen LogP contribution in [0.5, 0.6) is 5.88 Å². The van der Waals surface area contributed by atoms with Crippen LogP contribution in [0.2, 0.25) is 0 Å². The van der Waals surface area contributed by atoms with E-state index in [4.69, 9.17) is 5.73 Å². The van der Waals surface area contributed by atoms with E-state index in [1.807, 2.05) is 25.1 Å². The first-order valence-corrected chi connectivity index (χ1v) is 5.01. The number of aromatic hydroxyl groups is 1. The lowest BCUT2D eigenvalue weighted by atomic mass is 10.2. The summed E-state index contributed by atoms with van der Waals surface area (Å²) in [4.78, 5) is 2.80. The third-order valence-corrected chi connectivity index (χ3v) is 2.24. The molecule has 1 aromatic carbocycles. The lowest BCUT2D eigenvalue weighted by Crippen LogP contribution is -2.01. The number of azo groups is 1. The average Bonchev–Trinajstić information content (AvgIpc) is 2.51. The SMILES string of the molecule is Cc1ccc2[nH]c(O)c(N=NC(N)=S)c2c1. The van der Waals surface area contributed by atoms with Crippen LogP contribution in [-0.2, 0) is 0 Å². The minimum absolute atomic E-state index is 0.0411. The summed E-state index contributed by atoms with van der Waals surface area (Å²) in [6.45, 7) is 1.96. The van der Waals surface area contributed by atoms with Crippen molar-refractivity contribution in [3.8, 4) is 5.88 Å². The van der Waals surface area contributed by atoms with E-state index in [-0.39, 0.29) is 11.0 Å². The molecule has 0 unspecified atom stereocenters. The molecule has 5 nitrogen and oxygen atoms in total. The van der Waals surface area contributed by atoms with Crippen LogP contribution in [0.25, 0.3) is 10.9 Å². The summed E-state index contributed by atoms with van der Waals surface area (Å²) in [7, 11) is 0. The summed E-state index contributed by atoms with van der Waals surface area (Å²) < 4.78 is 0. The molecular weight excluding hydrogens is 224 g/mol. The van der Waals surface area contributed by atoms with Gasteiger partial charge in [0.2, 0.25) is 11.0 Å². The largest absolute Gasteiger partial charge is 0.493 e. The van der Waals surface area contributed by atoms with Gasteiger partial charge in [0.1, 0.15) is 0 Å². The van der Waals surface area contributed by atoms with Crippen molar-refractivity contribution < 1.29 is 5.11 Å². The Morgan fingerprint density at radius 3 is 2.94 bits per heavy atom. The topological polar surface area (TPSA) is 86.8 Å². The molecular formula is C10H10N4OS. The van der Waals surface area contributed by atoms with E-state index >= 15 is 0 Å². The van der Waals surface area contributed by atoms with E-state index in [0.29, 0.717) is 5.69 Å². The fourth-order valence-corrected chi connectivity index (χ4v) is 1.52. The fourth-order valence-electron chi connectivity index (χ4n) is 1.48. The molecule has 0 bridgehead atoms. The Kier molecular flexibility index (Phi) is 2.57. The Balaban J connectivity index is 2.62. The van der Waals surface area contributed by atoms with Crippen molar-refractivity contribution in [2.45, 2.75) is 6.92 Å². The van der Waals surface area contributed by atoms with Crippen LogP contribution in [0.3, 0.4) is 0 Å². The molecule has 0 aliphatic heterocycles. The third-order valence-electron chi connectivity index (χ3n) is 2.16. The number of aryl methyl sites for hydroxylation is 1. The van der Waals surface area contributed by atoms with Gasteiger partial charge in [-0.25, -0.2) is 0 Å². The Morgan fingerprint density at radius 2 is 2.25 bits per heavy atom. The molecule has 0 aliphatic carbocycles. The first-order chi connectivity index (χ1) is 7.58. The molecule has 0 aliphatic rings. The number of thiocarbonyl (C=S) groups is 1. The molecule has 4 N–H and O–H groups in total. The number of aromatic amines is 1. The molecule has 6 heteroatoms. The van der Waals surface area contributed by atoms with Gasteiger partial charge in [-0.3, -0.25) is 0 Å². The number of fused-ring (bicyclic) bond motifs is 1. The molecule has 0 saturated heterocycles. The monoisotopic (exact) mass is 234 g/mol. The second kappa shape index (κ2) is 3.90. The highest BCUT2D eigenvalue weighted by Gasteiger charge is 2.10. The van der Waals surface area contributed by atoms with Gasteiger partial charge in [0.25, 0.3) is 0 Å². The number of hydrogen-bond donors (Lipinski definition) is 3. The molecule has 1 aromatic heterocycles. The number of benzene rings is 1. The average molecular weight is 234 g/mol. The minimum Gasteiger partial charge on any atom is -0.493 e. The summed E-state index contributed by atoms with van der Waals surface area (Å²) in [5.74, 6) is -0.0411. The molecule has 0 saturated carbocycles. The van der Waals surface area contributed by atoms with E-state index in [9.17, 15) is 5.11 Å². The summed E-state index contributed by atoms with van der Waals surface area (Å²) in [6, 6.07) is 5.70. The molecule has 0 spiro atoms. The van der Waals surface area contributed by atoms with Gasteiger partial charge in [-0.15, -0.1) is 10.2 Å². The summed E-state index contributed by atoms with van der Waals surface area (Å²) >= 11 is 4.59. The number of rotatable bonds is 1. The van der Waals surface area contributed by atoms with Crippen LogP contribution in [0.1, 0.15) is 5.56 Å².